The molecule has 1 saturated heterocycles. The summed E-state index contributed by atoms with van der Waals surface area (Å²) in [7, 11) is 0. The summed E-state index contributed by atoms with van der Waals surface area (Å²) in [6.07, 6.45) is 7.67. The maximum atomic E-state index is 13.0. The summed E-state index contributed by atoms with van der Waals surface area (Å²) >= 11 is 0. The first kappa shape index (κ1) is 24.0. The number of allylic oxidation sites excluding steroid dienone is 1. The van der Waals surface area contributed by atoms with E-state index in [0.29, 0.717) is 12.2 Å². The minimum atomic E-state index is -0.116. The lowest BCUT2D eigenvalue weighted by molar-refractivity contribution is 0.0323. The van der Waals surface area contributed by atoms with Crippen LogP contribution >= 0.6 is 0 Å². The van der Waals surface area contributed by atoms with Crippen LogP contribution in [0, 0.1) is 0 Å². The molecule has 0 radical (unpaired) electrons. The van der Waals surface area contributed by atoms with E-state index < -0.39 is 0 Å². The van der Waals surface area contributed by atoms with Crippen molar-refractivity contribution in [3.05, 3.63) is 77.9 Å². The highest BCUT2D eigenvalue weighted by atomic mass is 16.5. The maximum absolute atomic E-state index is 13.0. The Hall–Kier alpha value is -3.15. The van der Waals surface area contributed by atoms with Gasteiger partial charge in [0.05, 0.1) is 13.2 Å². The Morgan fingerprint density at radius 2 is 1.88 bits per heavy atom. The van der Waals surface area contributed by atoms with Gasteiger partial charge in [0.15, 0.2) is 0 Å². The highest BCUT2D eigenvalue weighted by molar-refractivity contribution is 6.10. The molecule has 1 aliphatic heterocycles. The smallest absolute Gasteiger partial charge is 0.255 e. The lowest BCUT2D eigenvalue weighted by Gasteiger charge is -2.26. The second-order valence-corrected chi connectivity index (χ2v) is 8.58. The lowest BCUT2D eigenvalue weighted by atomic mass is 10.1. The molecule has 178 valence electrons. The van der Waals surface area contributed by atoms with Crippen LogP contribution in [-0.2, 0) is 4.74 Å². The molecule has 0 spiro atoms. The first-order valence-corrected chi connectivity index (χ1v) is 12.3. The van der Waals surface area contributed by atoms with Crippen molar-refractivity contribution >= 4 is 28.4 Å². The number of hydrogen-bond donors (Lipinski definition) is 1. The fraction of sp³-hybridized carbons (Fsp3) is 0.345. The normalized spacial score (nSPS) is 14.5. The first-order chi connectivity index (χ1) is 16.7. The van der Waals surface area contributed by atoms with Crippen molar-refractivity contribution in [3.63, 3.8) is 0 Å². The minimum Gasteiger partial charge on any atom is -0.492 e. The number of fused-ring (bicyclic) bond motifs is 1. The quantitative estimate of drug-likeness (QED) is 0.378. The van der Waals surface area contributed by atoms with Gasteiger partial charge in [0.2, 0.25) is 0 Å². The Morgan fingerprint density at radius 1 is 1.06 bits per heavy atom. The zero-order valence-corrected chi connectivity index (χ0v) is 20.0. The first-order valence-electron chi connectivity index (χ1n) is 12.3. The number of benzene rings is 3. The summed E-state index contributed by atoms with van der Waals surface area (Å²) in [4.78, 5) is 15.4. The van der Waals surface area contributed by atoms with Crippen molar-refractivity contribution in [1.29, 1.82) is 0 Å². The average Bonchev–Trinajstić information content (AvgIpc) is 2.88. The topological polar surface area (TPSA) is 50.8 Å². The molecular formula is C29H34N2O3. The van der Waals surface area contributed by atoms with Crippen molar-refractivity contribution in [3.8, 4) is 5.75 Å². The molecule has 0 saturated carbocycles. The van der Waals surface area contributed by atoms with Crippen molar-refractivity contribution in [2.24, 2.45) is 0 Å². The molecule has 3 aromatic carbocycles. The highest BCUT2D eigenvalue weighted by Gasteiger charge is 2.13. The van der Waals surface area contributed by atoms with E-state index in [1.807, 2.05) is 60.7 Å². The summed E-state index contributed by atoms with van der Waals surface area (Å²) in [6.45, 7) is 7.15. The van der Waals surface area contributed by atoms with Crippen molar-refractivity contribution in [1.82, 2.24) is 4.90 Å². The number of nitrogens with zero attached hydrogens (tertiary/aromatic N) is 1. The molecule has 1 N–H and O–H groups in total. The molecule has 1 aliphatic rings. The van der Waals surface area contributed by atoms with Crippen LogP contribution in [0.3, 0.4) is 0 Å². The van der Waals surface area contributed by atoms with E-state index in [9.17, 15) is 4.79 Å². The number of nitrogens with one attached hydrogen (secondary N) is 1. The van der Waals surface area contributed by atoms with Crippen LogP contribution in [0.25, 0.3) is 16.8 Å². The summed E-state index contributed by atoms with van der Waals surface area (Å²) in [5.41, 5.74) is 2.47. The number of hydrogen-bond acceptors (Lipinski definition) is 4. The van der Waals surface area contributed by atoms with Gasteiger partial charge in [-0.2, -0.15) is 0 Å². The standard InChI is InChI=1S/C29H34N2O3/c1-2-3-4-5-9-23-10-8-11-24(22-23)29(32)30-27-14-15-28(26-13-7-6-12-25(26)27)34-21-18-31-16-19-33-20-17-31/h5-15,22H,2-4,16-21H2,1H3,(H,30,32)/b9-5+. The fourth-order valence-corrected chi connectivity index (χ4v) is 4.14. The third-order valence-corrected chi connectivity index (χ3v) is 6.08. The molecule has 3 aromatic rings. The van der Waals surface area contributed by atoms with Crippen LogP contribution < -0.4 is 10.1 Å². The second-order valence-electron chi connectivity index (χ2n) is 8.58. The van der Waals surface area contributed by atoms with Gasteiger partial charge in [-0.1, -0.05) is 68.3 Å². The number of anilines is 1. The molecule has 0 unspecified atom stereocenters. The highest BCUT2D eigenvalue weighted by Crippen LogP contribution is 2.32. The third-order valence-electron chi connectivity index (χ3n) is 6.08. The monoisotopic (exact) mass is 458 g/mol. The Morgan fingerprint density at radius 3 is 2.71 bits per heavy atom. The summed E-state index contributed by atoms with van der Waals surface area (Å²) < 4.78 is 11.5. The predicted octanol–water partition coefficient (Wildman–Crippen LogP) is 6.01. The van der Waals surface area contributed by atoms with Gasteiger partial charge in [-0.15, -0.1) is 0 Å². The molecule has 1 amide bonds. The Balaban J connectivity index is 1.44. The van der Waals surface area contributed by atoms with Crippen molar-refractivity contribution < 1.29 is 14.3 Å². The Kier molecular flexibility index (Phi) is 8.71. The summed E-state index contributed by atoms with van der Waals surface area (Å²) in [6, 6.07) is 19.7. The predicted molar refractivity (Wildman–Crippen MR) is 140 cm³/mol. The molecule has 1 heterocycles. The number of rotatable bonds is 10. The lowest BCUT2D eigenvalue weighted by Crippen LogP contribution is -2.38. The molecule has 0 atom stereocenters. The van der Waals surface area contributed by atoms with E-state index in [-0.39, 0.29) is 5.91 Å². The van der Waals surface area contributed by atoms with Gasteiger partial charge < -0.3 is 14.8 Å². The van der Waals surface area contributed by atoms with E-state index in [2.05, 4.69) is 29.3 Å². The number of carbonyl (C=O) groups excluding carboxylic acids is 1. The van der Waals surface area contributed by atoms with Crippen molar-refractivity contribution in [2.45, 2.75) is 26.2 Å². The van der Waals surface area contributed by atoms with E-state index in [0.717, 1.165) is 67.0 Å². The van der Waals surface area contributed by atoms with Gasteiger partial charge in [0.1, 0.15) is 12.4 Å². The molecule has 4 rings (SSSR count). The Labute approximate surface area is 202 Å². The number of ether oxygens (including phenoxy) is 2. The van der Waals surface area contributed by atoms with E-state index in [1.165, 1.54) is 12.8 Å². The Bertz CT molecular complexity index is 1120. The van der Waals surface area contributed by atoms with Gasteiger partial charge in [0, 0.05) is 41.7 Å². The summed E-state index contributed by atoms with van der Waals surface area (Å²) in [5, 5.41) is 5.06. The number of amides is 1. The number of carbonyl (C=O) groups is 1. The van der Waals surface area contributed by atoms with Gasteiger partial charge >= 0.3 is 0 Å². The van der Waals surface area contributed by atoms with E-state index >= 15 is 0 Å². The average molecular weight is 459 g/mol. The summed E-state index contributed by atoms with van der Waals surface area (Å²) in [5.74, 6) is 0.719. The number of unbranched alkanes of at least 4 members (excludes halogenated alkanes) is 2. The van der Waals surface area contributed by atoms with Gasteiger partial charge in [-0.3, -0.25) is 9.69 Å². The molecule has 0 bridgehead atoms. The molecule has 0 aromatic heterocycles. The van der Waals surface area contributed by atoms with Crippen LogP contribution in [-0.4, -0.2) is 50.3 Å². The second kappa shape index (κ2) is 12.4. The van der Waals surface area contributed by atoms with Crippen molar-refractivity contribution in [2.75, 3.05) is 44.8 Å². The molecule has 34 heavy (non-hydrogen) atoms. The van der Waals surface area contributed by atoms with Crippen LogP contribution in [0.4, 0.5) is 5.69 Å². The SMILES string of the molecule is CCCC/C=C/c1cccc(C(=O)Nc2ccc(OCCN3CCOCC3)c3ccccc23)c1. The van der Waals surface area contributed by atoms with Gasteiger partial charge in [-0.05, 0) is 36.2 Å². The zero-order valence-electron chi connectivity index (χ0n) is 20.0. The van der Waals surface area contributed by atoms with E-state index in [1.54, 1.807) is 0 Å². The van der Waals surface area contributed by atoms with E-state index in [4.69, 9.17) is 9.47 Å². The number of morpholine rings is 1. The van der Waals surface area contributed by atoms with Crippen LogP contribution in [0.1, 0.15) is 42.1 Å². The molecule has 0 aliphatic carbocycles. The van der Waals surface area contributed by atoms with Crippen LogP contribution in [0.2, 0.25) is 0 Å². The molecular weight excluding hydrogens is 424 g/mol. The molecule has 5 nitrogen and oxygen atoms in total. The molecule has 5 heteroatoms. The van der Waals surface area contributed by atoms with Gasteiger partial charge in [0.25, 0.3) is 5.91 Å². The fourth-order valence-electron chi connectivity index (χ4n) is 4.14. The maximum Gasteiger partial charge on any atom is 0.255 e. The van der Waals surface area contributed by atoms with Crippen LogP contribution in [0.5, 0.6) is 5.75 Å². The molecule has 1 fully saturated rings. The zero-order chi connectivity index (χ0) is 23.6. The van der Waals surface area contributed by atoms with Gasteiger partial charge in [-0.25, -0.2) is 0 Å². The minimum absolute atomic E-state index is 0.116. The largest absolute Gasteiger partial charge is 0.492 e. The van der Waals surface area contributed by atoms with Crippen LogP contribution in [0.15, 0.2) is 66.7 Å². The third kappa shape index (κ3) is 6.46.